The largest absolute Gasteiger partial charge is 0.368 e. The van der Waals surface area contributed by atoms with Gasteiger partial charge in [-0.05, 0) is 39.5 Å². The molecule has 0 saturated heterocycles. The Hall–Kier alpha value is -0.940. The molecule has 1 aliphatic carbocycles. The van der Waals surface area contributed by atoms with Gasteiger partial charge in [0.1, 0.15) is 5.60 Å². The Bertz CT molecular complexity index is 430. The van der Waals surface area contributed by atoms with Gasteiger partial charge in [0, 0.05) is 6.61 Å². The van der Waals surface area contributed by atoms with E-state index < -0.39 is 11.1 Å². The fourth-order valence-corrected chi connectivity index (χ4v) is 2.88. The van der Waals surface area contributed by atoms with Crippen LogP contribution in [0.5, 0.6) is 0 Å². The fourth-order valence-electron chi connectivity index (χ4n) is 2.88. The van der Waals surface area contributed by atoms with Crippen molar-refractivity contribution in [3.05, 3.63) is 11.7 Å². The number of nitrogens with two attached hydrogens (primary N) is 1. The van der Waals surface area contributed by atoms with Gasteiger partial charge in [-0.1, -0.05) is 24.9 Å². The van der Waals surface area contributed by atoms with Gasteiger partial charge in [0.15, 0.2) is 0 Å². The molecule has 2 atom stereocenters. The van der Waals surface area contributed by atoms with Crippen LogP contribution in [0.15, 0.2) is 4.52 Å². The van der Waals surface area contributed by atoms with Crippen LogP contribution in [0.4, 0.5) is 0 Å². The molecule has 1 heterocycles. The van der Waals surface area contributed by atoms with Gasteiger partial charge in [-0.25, -0.2) is 0 Å². The molecule has 1 fully saturated rings. The van der Waals surface area contributed by atoms with E-state index in [0.717, 1.165) is 19.3 Å². The molecule has 0 aliphatic heterocycles. The second-order valence-corrected chi connectivity index (χ2v) is 6.22. The summed E-state index contributed by atoms with van der Waals surface area (Å²) in [6.45, 7) is 8.68. The molecule has 0 aromatic carbocycles. The van der Waals surface area contributed by atoms with E-state index in [1.165, 1.54) is 6.42 Å². The Morgan fingerprint density at radius 2 is 2.26 bits per heavy atom. The van der Waals surface area contributed by atoms with E-state index in [4.69, 9.17) is 15.0 Å². The van der Waals surface area contributed by atoms with Crippen molar-refractivity contribution in [3.63, 3.8) is 0 Å². The Morgan fingerprint density at radius 1 is 1.53 bits per heavy atom. The van der Waals surface area contributed by atoms with Crippen LogP contribution in [0, 0.1) is 5.92 Å². The van der Waals surface area contributed by atoms with Crippen molar-refractivity contribution in [2.45, 2.75) is 64.5 Å². The van der Waals surface area contributed by atoms with E-state index in [2.05, 4.69) is 17.1 Å². The van der Waals surface area contributed by atoms with Gasteiger partial charge in [-0.3, -0.25) is 0 Å². The molecule has 0 spiro atoms. The van der Waals surface area contributed by atoms with Gasteiger partial charge in [0.2, 0.25) is 11.7 Å². The summed E-state index contributed by atoms with van der Waals surface area (Å²) in [7, 11) is 0. The molecule has 2 unspecified atom stereocenters. The zero-order chi connectivity index (χ0) is 14.1. The van der Waals surface area contributed by atoms with Crippen LogP contribution in [-0.2, 0) is 15.9 Å². The minimum Gasteiger partial charge on any atom is -0.368 e. The highest BCUT2D eigenvalue weighted by atomic mass is 16.5. The van der Waals surface area contributed by atoms with E-state index >= 15 is 0 Å². The highest BCUT2D eigenvalue weighted by Gasteiger charge is 2.39. The first-order valence-electron chi connectivity index (χ1n) is 7.15. The molecule has 0 radical (unpaired) electrons. The lowest BCUT2D eigenvalue weighted by atomic mass is 9.77. The van der Waals surface area contributed by atoms with Crippen molar-refractivity contribution in [2.24, 2.45) is 11.7 Å². The molecule has 2 N–H and O–H groups in total. The predicted octanol–water partition coefficient (Wildman–Crippen LogP) is 2.71. The molecule has 1 saturated carbocycles. The van der Waals surface area contributed by atoms with Crippen molar-refractivity contribution >= 4 is 0 Å². The van der Waals surface area contributed by atoms with E-state index in [-0.39, 0.29) is 0 Å². The lowest BCUT2D eigenvalue weighted by Crippen LogP contribution is -2.41. The Labute approximate surface area is 114 Å². The third-order valence-electron chi connectivity index (χ3n) is 3.93. The number of hydrogen-bond donors (Lipinski definition) is 1. The van der Waals surface area contributed by atoms with Crippen molar-refractivity contribution in [2.75, 3.05) is 6.61 Å². The summed E-state index contributed by atoms with van der Waals surface area (Å²) < 4.78 is 11.1. The normalized spacial score (nSPS) is 28.6. The van der Waals surface area contributed by atoms with Gasteiger partial charge in [-0.15, -0.1) is 0 Å². The number of ether oxygens (including phenoxy) is 1. The monoisotopic (exact) mass is 267 g/mol. The van der Waals surface area contributed by atoms with Crippen LogP contribution < -0.4 is 5.73 Å². The highest BCUT2D eigenvalue weighted by molar-refractivity contribution is 5.07. The molecule has 108 valence electrons. The Balaban J connectivity index is 2.21. The smallest absolute Gasteiger partial charge is 0.246 e. The van der Waals surface area contributed by atoms with E-state index in [1.54, 1.807) is 0 Å². The molecule has 5 heteroatoms. The van der Waals surface area contributed by atoms with Crippen molar-refractivity contribution in [3.8, 4) is 0 Å². The van der Waals surface area contributed by atoms with E-state index in [9.17, 15) is 0 Å². The fraction of sp³-hybridized carbons (Fsp3) is 0.857. The van der Waals surface area contributed by atoms with Crippen LogP contribution in [0.1, 0.15) is 65.1 Å². The van der Waals surface area contributed by atoms with Gasteiger partial charge in [-0.2, -0.15) is 4.98 Å². The van der Waals surface area contributed by atoms with Crippen molar-refractivity contribution < 1.29 is 9.26 Å². The Morgan fingerprint density at radius 3 is 2.89 bits per heavy atom. The number of rotatable bonds is 4. The third kappa shape index (κ3) is 2.98. The first-order valence-corrected chi connectivity index (χ1v) is 7.15. The molecule has 5 nitrogen and oxygen atoms in total. The average molecular weight is 267 g/mol. The standard InChI is InChI=1S/C14H25N3O2/c1-5-18-13(3,4)11-16-12(19-17-11)14(15)8-6-7-10(2)9-14/h10H,5-9,15H2,1-4H3. The summed E-state index contributed by atoms with van der Waals surface area (Å²) in [6.07, 6.45) is 4.16. The van der Waals surface area contributed by atoms with Crippen LogP contribution in [0.25, 0.3) is 0 Å². The second kappa shape index (κ2) is 5.21. The maximum atomic E-state index is 6.46. The van der Waals surface area contributed by atoms with Crippen LogP contribution in [0.2, 0.25) is 0 Å². The quantitative estimate of drug-likeness (QED) is 0.907. The first kappa shape index (κ1) is 14.5. The lowest BCUT2D eigenvalue weighted by Gasteiger charge is -2.33. The number of hydrogen-bond acceptors (Lipinski definition) is 5. The SMILES string of the molecule is CCOC(C)(C)c1noc(C2(N)CCCC(C)C2)n1. The zero-order valence-corrected chi connectivity index (χ0v) is 12.4. The van der Waals surface area contributed by atoms with E-state index in [0.29, 0.717) is 24.2 Å². The molecule has 1 aromatic heterocycles. The zero-order valence-electron chi connectivity index (χ0n) is 12.4. The number of aromatic nitrogens is 2. The minimum absolute atomic E-state index is 0.467. The van der Waals surface area contributed by atoms with Gasteiger partial charge in [0.25, 0.3) is 0 Å². The van der Waals surface area contributed by atoms with Crippen molar-refractivity contribution in [1.82, 2.24) is 10.1 Å². The van der Waals surface area contributed by atoms with Gasteiger partial charge < -0.3 is 15.0 Å². The maximum absolute atomic E-state index is 6.46. The van der Waals surface area contributed by atoms with Gasteiger partial charge >= 0.3 is 0 Å². The second-order valence-electron chi connectivity index (χ2n) is 6.22. The van der Waals surface area contributed by atoms with Crippen LogP contribution in [0.3, 0.4) is 0 Å². The number of nitrogens with zero attached hydrogens (tertiary/aromatic N) is 2. The molecule has 2 rings (SSSR count). The highest BCUT2D eigenvalue weighted by Crippen LogP contribution is 2.37. The molecular formula is C14H25N3O2. The van der Waals surface area contributed by atoms with Gasteiger partial charge in [0.05, 0.1) is 5.54 Å². The molecular weight excluding hydrogens is 242 g/mol. The summed E-state index contributed by atoms with van der Waals surface area (Å²) in [4.78, 5) is 4.50. The minimum atomic E-state index is -0.535. The first-order chi connectivity index (χ1) is 8.87. The average Bonchev–Trinajstić information content (AvgIpc) is 2.79. The van der Waals surface area contributed by atoms with E-state index in [1.807, 2.05) is 20.8 Å². The summed E-state index contributed by atoms with van der Waals surface area (Å²) >= 11 is 0. The van der Waals surface area contributed by atoms with Crippen LogP contribution in [-0.4, -0.2) is 16.7 Å². The molecule has 1 aliphatic rings. The Kier molecular flexibility index (Phi) is 3.97. The maximum Gasteiger partial charge on any atom is 0.246 e. The topological polar surface area (TPSA) is 74.2 Å². The summed E-state index contributed by atoms with van der Waals surface area (Å²) in [5.41, 5.74) is 5.46. The predicted molar refractivity (Wildman–Crippen MR) is 72.4 cm³/mol. The summed E-state index contributed by atoms with van der Waals surface area (Å²) in [5, 5.41) is 4.06. The molecule has 0 bridgehead atoms. The molecule has 0 amide bonds. The lowest BCUT2D eigenvalue weighted by molar-refractivity contribution is -0.0221. The van der Waals surface area contributed by atoms with Crippen LogP contribution >= 0.6 is 0 Å². The summed E-state index contributed by atoms with van der Waals surface area (Å²) in [6, 6.07) is 0. The molecule has 19 heavy (non-hydrogen) atoms. The molecule has 1 aromatic rings. The summed E-state index contributed by atoms with van der Waals surface area (Å²) in [5.74, 6) is 1.74. The third-order valence-corrected chi connectivity index (χ3v) is 3.93. The van der Waals surface area contributed by atoms with Crippen molar-refractivity contribution in [1.29, 1.82) is 0 Å².